The molecule has 1 N–H and O–H groups in total. The van der Waals surface area contributed by atoms with E-state index >= 15 is 0 Å². The van der Waals surface area contributed by atoms with Crippen molar-refractivity contribution in [2.24, 2.45) is 0 Å². The lowest BCUT2D eigenvalue weighted by atomic mass is 10.1. The molecule has 11 heteroatoms. The molecule has 0 aliphatic carbocycles. The van der Waals surface area contributed by atoms with Crippen molar-refractivity contribution < 1.29 is 22.3 Å². The number of ether oxygens (including phenoxy) is 1. The van der Waals surface area contributed by atoms with E-state index in [-0.39, 0.29) is 39.5 Å². The lowest BCUT2D eigenvalue weighted by Gasteiger charge is -2.19. The second-order valence-electron chi connectivity index (χ2n) is 6.58. The predicted octanol–water partition coefficient (Wildman–Crippen LogP) is 4.89. The Hall–Kier alpha value is -2.53. The number of hydrogen-bond donors (Lipinski definition) is 1. The summed E-state index contributed by atoms with van der Waals surface area (Å²) in [6.45, 7) is 4.00. The molecule has 32 heavy (non-hydrogen) atoms. The molecule has 0 aliphatic rings. The van der Waals surface area contributed by atoms with Crippen molar-refractivity contribution in [1.82, 2.24) is 9.29 Å². The average molecular weight is 498 g/mol. The number of nitrogens with zero attached hydrogens (tertiary/aromatic N) is 2. The smallest absolute Gasteiger partial charge is 0.257 e. The zero-order valence-electron chi connectivity index (χ0n) is 17.6. The first-order chi connectivity index (χ1) is 15.2. The SMILES string of the molecule is CCN(CC)S(=O)(=O)c1cc(C(=O)Nc2nc(-c3ccc(OC)c(F)c3)cs2)ccc1Cl. The summed E-state index contributed by atoms with van der Waals surface area (Å²) in [5, 5.41) is 4.63. The summed E-state index contributed by atoms with van der Waals surface area (Å²) < 4.78 is 45.8. The average Bonchev–Trinajstić information content (AvgIpc) is 3.23. The third-order valence-electron chi connectivity index (χ3n) is 4.69. The molecule has 0 saturated carbocycles. The molecule has 0 atom stereocenters. The van der Waals surface area contributed by atoms with Crippen LogP contribution in [0.4, 0.5) is 9.52 Å². The number of thiazole rings is 1. The number of sulfonamides is 1. The highest BCUT2D eigenvalue weighted by Gasteiger charge is 2.25. The van der Waals surface area contributed by atoms with Crippen LogP contribution in [0.3, 0.4) is 0 Å². The highest BCUT2D eigenvalue weighted by atomic mass is 35.5. The van der Waals surface area contributed by atoms with Gasteiger partial charge in [0.2, 0.25) is 10.0 Å². The van der Waals surface area contributed by atoms with E-state index in [0.717, 1.165) is 11.3 Å². The summed E-state index contributed by atoms with van der Waals surface area (Å²) >= 11 is 7.28. The molecule has 3 aromatic rings. The number of methoxy groups -OCH3 is 1. The standard InChI is InChI=1S/C21H21ClFN3O4S2/c1-4-26(5-2)32(28,29)19-11-14(6-8-15(19)22)20(27)25-21-24-17(12-31-21)13-7-9-18(30-3)16(23)10-13/h6-12H,4-5H2,1-3H3,(H,24,25,27). The van der Waals surface area contributed by atoms with Gasteiger partial charge < -0.3 is 4.74 Å². The van der Waals surface area contributed by atoms with Crippen molar-refractivity contribution in [3.05, 3.63) is 58.2 Å². The largest absolute Gasteiger partial charge is 0.494 e. The maximum absolute atomic E-state index is 14.0. The van der Waals surface area contributed by atoms with Crippen LogP contribution < -0.4 is 10.1 Å². The number of anilines is 1. The Morgan fingerprint density at radius 2 is 1.94 bits per heavy atom. The van der Waals surface area contributed by atoms with Crippen LogP contribution in [0, 0.1) is 5.82 Å². The maximum Gasteiger partial charge on any atom is 0.257 e. The zero-order valence-corrected chi connectivity index (χ0v) is 19.9. The van der Waals surface area contributed by atoms with Crippen LogP contribution in [0.2, 0.25) is 5.02 Å². The van der Waals surface area contributed by atoms with Crippen molar-refractivity contribution in [1.29, 1.82) is 0 Å². The second kappa shape index (κ2) is 9.95. The molecule has 1 aromatic heterocycles. The van der Waals surface area contributed by atoms with E-state index in [4.69, 9.17) is 16.3 Å². The van der Waals surface area contributed by atoms with E-state index in [0.29, 0.717) is 11.3 Å². The van der Waals surface area contributed by atoms with E-state index in [2.05, 4.69) is 10.3 Å². The maximum atomic E-state index is 14.0. The van der Waals surface area contributed by atoms with E-state index in [1.165, 1.54) is 41.7 Å². The molecule has 0 bridgehead atoms. The van der Waals surface area contributed by atoms with Gasteiger partial charge in [-0.3, -0.25) is 10.1 Å². The molecule has 0 fully saturated rings. The van der Waals surface area contributed by atoms with Gasteiger partial charge in [-0.2, -0.15) is 4.31 Å². The minimum Gasteiger partial charge on any atom is -0.494 e. The molecule has 0 aliphatic heterocycles. The van der Waals surface area contributed by atoms with Crippen LogP contribution in [-0.4, -0.2) is 43.8 Å². The number of hydrogen-bond acceptors (Lipinski definition) is 6. The van der Waals surface area contributed by atoms with Crippen molar-refractivity contribution >= 4 is 44.0 Å². The molecular weight excluding hydrogens is 477 g/mol. The van der Waals surface area contributed by atoms with Gasteiger partial charge in [0.25, 0.3) is 5.91 Å². The van der Waals surface area contributed by atoms with Gasteiger partial charge >= 0.3 is 0 Å². The molecule has 0 spiro atoms. The van der Waals surface area contributed by atoms with Crippen LogP contribution in [-0.2, 0) is 10.0 Å². The Kier molecular flexibility index (Phi) is 7.50. The van der Waals surface area contributed by atoms with Gasteiger partial charge in [0.1, 0.15) is 4.90 Å². The van der Waals surface area contributed by atoms with Gasteiger partial charge in [-0.25, -0.2) is 17.8 Å². The molecular formula is C21H21ClFN3O4S2. The number of aromatic nitrogens is 1. The summed E-state index contributed by atoms with van der Waals surface area (Å²) in [5.74, 6) is -0.943. The summed E-state index contributed by atoms with van der Waals surface area (Å²) in [5.41, 5.74) is 1.12. The van der Waals surface area contributed by atoms with Crippen LogP contribution >= 0.6 is 22.9 Å². The Labute approximate surface area is 194 Å². The van der Waals surface area contributed by atoms with E-state index in [1.807, 2.05) is 0 Å². The molecule has 0 radical (unpaired) electrons. The number of halogens is 2. The van der Waals surface area contributed by atoms with Gasteiger partial charge in [0.05, 0.1) is 17.8 Å². The Morgan fingerprint density at radius 3 is 2.56 bits per heavy atom. The monoisotopic (exact) mass is 497 g/mol. The lowest BCUT2D eigenvalue weighted by molar-refractivity contribution is 0.102. The third-order valence-corrected chi connectivity index (χ3v) is 7.98. The number of rotatable bonds is 8. The molecule has 3 rings (SSSR count). The van der Waals surface area contributed by atoms with Gasteiger partial charge in [-0.05, 0) is 36.4 Å². The molecule has 1 heterocycles. The predicted molar refractivity (Wildman–Crippen MR) is 124 cm³/mol. The fourth-order valence-corrected chi connectivity index (χ4v) is 5.68. The van der Waals surface area contributed by atoms with Crippen LogP contribution in [0.15, 0.2) is 46.7 Å². The minimum absolute atomic E-state index is 0.0338. The number of carbonyl (C=O) groups is 1. The van der Waals surface area contributed by atoms with Crippen LogP contribution in [0.25, 0.3) is 11.3 Å². The molecule has 2 aromatic carbocycles. The summed E-state index contributed by atoms with van der Waals surface area (Å²) in [7, 11) is -2.46. The summed E-state index contributed by atoms with van der Waals surface area (Å²) in [4.78, 5) is 16.9. The number of nitrogens with one attached hydrogen (secondary N) is 1. The summed E-state index contributed by atoms with van der Waals surface area (Å²) in [6, 6.07) is 8.51. The van der Waals surface area contributed by atoms with Gasteiger partial charge in [0.15, 0.2) is 16.7 Å². The van der Waals surface area contributed by atoms with Gasteiger partial charge in [0, 0.05) is 29.6 Å². The first-order valence-electron chi connectivity index (χ1n) is 9.61. The summed E-state index contributed by atoms with van der Waals surface area (Å²) in [6.07, 6.45) is 0. The first kappa shape index (κ1) is 24.1. The minimum atomic E-state index is -3.84. The van der Waals surface area contributed by atoms with Crippen LogP contribution in [0.5, 0.6) is 5.75 Å². The zero-order chi connectivity index (χ0) is 23.5. The second-order valence-corrected chi connectivity index (χ2v) is 9.75. The van der Waals surface area contributed by atoms with Gasteiger partial charge in [-0.1, -0.05) is 25.4 Å². The normalized spacial score (nSPS) is 11.6. The first-order valence-corrected chi connectivity index (χ1v) is 12.3. The van der Waals surface area contributed by atoms with E-state index in [1.54, 1.807) is 25.3 Å². The fourth-order valence-electron chi connectivity index (χ4n) is 3.00. The number of carbonyl (C=O) groups excluding carboxylic acids is 1. The quantitative estimate of drug-likeness (QED) is 0.478. The number of amides is 1. The van der Waals surface area contributed by atoms with Crippen LogP contribution in [0.1, 0.15) is 24.2 Å². The fraction of sp³-hybridized carbons (Fsp3) is 0.238. The van der Waals surface area contributed by atoms with Gasteiger partial charge in [-0.15, -0.1) is 11.3 Å². The molecule has 1 amide bonds. The van der Waals surface area contributed by atoms with Crippen molar-refractivity contribution in [2.45, 2.75) is 18.7 Å². The van der Waals surface area contributed by atoms with Crippen molar-refractivity contribution in [3.8, 4) is 17.0 Å². The Balaban J connectivity index is 1.84. The molecule has 0 unspecified atom stereocenters. The Morgan fingerprint density at radius 1 is 1.22 bits per heavy atom. The van der Waals surface area contributed by atoms with E-state index in [9.17, 15) is 17.6 Å². The molecule has 7 nitrogen and oxygen atoms in total. The number of benzene rings is 2. The highest BCUT2D eigenvalue weighted by Crippen LogP contribution is 2.29. The Bertz CT molecular complexity index is 1240. The molecule has 170 valence electrons. The van der Waals surface area contributed by atoms with Crippen molar-refractivity contribution in [3.63, 3.8) is 0 Å². The van der Waals surface area contributed by atoms with E-state index < -0.39 is 21.7 Å². The van der Waals surface area contributed by atoms with Crippen molar-refractivity contribution in [2.75, 3.05) is 25.5 Å². The highest BCUT2D eigenvalue weighted by molar-refractivity contribution is 7.89. The topological polar surface area (TPSA) is 88.6 Å². The molecule has 0 saturated heterocycles. The third kappa shape index (κ3) is 4.93. The lowest BCUT2D eigenvalue weighted by Crippen LogP contribution is -2.31.